The van der Waals surface area contributed by atoms with Gasteiger partial charge in [-0.1, -0.05) is 12.1 Å². The van der Waals surface area contributed by atoms with E-state index in [1.807, 2.05) is 24.3 Å². The Labute approximate surface area is 133 Å². The van der Waals surface area contributed by atoms with Gasteiger partial charge in [0.1, 0.15) is 0 Å². The number of hydrogen-bond acceptors (Lipinski definition) is 4. The molecular weight excluding hydrogens is 294 g/mol. The van der Waals surface area contributed by atoms with Gasteiger partial charge in [0.25, 0.3) is 0 Å². The first-order valence-electron chi connectivity index (χ1n) is 7.43. The molecule has 1 saturated carbocycles. The lowest BCUT2D eigenvalue weighted by atomic mass is 10.1. The van der Waals surface area contributed by atoms with Crippen LogP contribution in [0.15, 0.2) is 52.2 Å². The molecule has 0 spiro atoms. The molecule has 0 unspecified atom stereocenters. The van der Waals surface area contributed by atoms with Crippen LogP contribution >= 0.6 is 0 Å². The first-order valence-corrected chi connectivity index (χ1v) is 7.43. The number of benzene rings is 1. The summed E-state index contributed by atoms with van der Waals surface area (Å²) in [6, 6.07) is 10.5. The fourth-order valence-corrected chi connectivity index (χ4v) is 2.05. The number of anilines is 1. The van der Waals surface area contributed by atoms with E-state index in [9.17, 15) is 9.59 Å². The quantitative estimate of drug-likeness (QED) is 0.658. The molecule has 1 aliphatic rings. The number of carbonyl (C=O) groups is 2. The Morgan fingerprint density at radius 2 is 1.91 bits per heavy atom. The second-order valence-corrected chi connectivity index (χ2v) is 5.46. The molecule has 1 aromatic carbocycles. The first-order chi connectivity index (χ1) is 11.1. The molecule has 2 amide bonds. The van der Waals surface area contributed by atoms with E-state index < -0.39 is 5.91 Å². The molecule has 1 aliphatic carbocycles. The summed E-state index contributed by atoms with van der Waals surface area (Å²) >= 11 is 0. The van der Waals surface area contributed by atoms with Crippen LogP contribution in [0.5, 0.6) is 0 Å². The predicted octanol–water partition coefficient (Wildman–Crippen LogP) is 2.78. The first kappa shape index (κ1) is 15.0. The molecule has 3 rings (SSSR count). The summed E-state index contributed by atoms with van der Waals surface area (Å²) in [5.74, 6) is 0.0611. The summed E-state index contributed by atoms with van der Waals surface area (Å²) in [6.07, 6.45) is 3.39. The SMILES string of the molecule is CC(=NNC(=O)c1ccco1)c1ccc(NC(=O)C2CC2)cc1. The predicted molar refractivity (Wildman–Crippen MR) is 86.2 cm³/mol. The molecule has 0 aliphatic heterocycles. The van der Waals surface area contributed by atoms with Gasteiger partial charge in [-0.05, 0) is 49.6 Å². The molecular formula is C17H17N3O3. The van der Waals surface area contributed by atoms with E-state index in [0.717, 1.165) is 24.1 Å². The van der Waals surface area contributed by atoms with E-state index in [0.29, 0.717) is 5.71 Å². The topological polar surface area (TPSA) is 83.7 Å². The summed E-state index contributed by atoms with van der Waals surface area (Å²) in [7, 11) is 0. The van der Waals surface area contributed by atoms with Crippen LogP contribution in [0.3, 0.4) is 0 Å². The average molecular weight is 311 g/mol. The van der Waals surface area contributed by atoms with Crippen molar-refractivity contribution in [2.75, 3.05) is 5.32 Å². The lowest BCUT2D eigenvalue weighted by molar-refractivity contribution is -0.117. The fraction of sp³-hybridized carbons (Fsp3) is 0.235. The molecule has 6 nitrogen and oxygen atoms in total. The van der Waals surface area contributed by atoms with Crippen LogP contribution < -0.4 is 10.7 Å². The number of nitrogens with one attached hydrogen (secondary N) is 2. The standard InChI is InChI=1S/C17H17N3O3/c1-11(19-20-17(22)15-3-2-10-23-15)12-6-8-14(9-7-12)18-16(21)13-4-5-13/h2-3,6-10,13H,4-5H2,1H3,(H,18,21)(H,20,22). The van der Waals surface area contributed by atoms with Crippen molar-refractivity contribution in [3.05, 3.63) is 54.0 Å². The summed E-state index contributed by atoms with van der Waals surface area (Å²) in [4.78, 5) is 23.4. The summed E-state index contributed by atoms with van der Waals surface area (Å²) in [5.41, 5.74) is 4.71. The van der Waals surface area contributed by atoms with Gasteiger partial charge in [0.2, 0.25) is 5.91 Å². The molecule has 0 atom stereocenters. The van der Waals surface area contributed by atoms with Crippen LogP contribution in [-0.2, 0) is 4.79 Å². The minimum absolute atomic E-state index is 0.0776. The fourth-order valence-electron chi connectivity index (χ4n) is 2.05. The van der Waals surface area contributed by atoms with Crippen LogP contribution in [0.4, 0.5) is 5.69 Å². The molecule has 0 saturated heterocycles. The highest BCUT2D eigenvalue weighted by atomic mass is 16.3. The van der Waals surface area contributed by atoms with Crippen molar-refractivity contribution in [1.29, 1.82) is 0 Å². The smallest absolute Gasteiger partial charge is 0.307 e. The van der Waals surface area contributed by atoms with Crippen LogP contribution in [0.25, 0.3) is 0 Å². The highest BCUT2D eigenvalue weighted by molar-refractivity contribution is 6.01. The van der Waals surface area contributed by atoms with Crippen molar-refractivity contribution in [1.82, 2.24) is 5.43 Å². The molecule has 1 fully saturated rings. The Bertz CT molecular complexity index is 729. The van der Waals surface area contributed by atoms with Gasteiger partial charge in [0.15, 0.2) is 5.76 Å². The van der Waals surface area contributed by atoms with Gasteiger partial charge in [-0.2, -0.15) is 5.10 Å². The van der Waals surface area contributed by atoms with Crippen molar-refractivity contribution < 1.29 is 14.0 Å². The Hall–Kier alpha value is -2.89. The van der Waals surface area contributed by atoms with E-state index in [1.165, 1.54) is 6.26 Å². The van der Waals surface area contributed by atoms with Crippen molar-refractivity contribution in [3.8, 4) is 0 Å². The van der Waals surface area contributed by atoms with Gasteiger partial charge >= 0.3 is 5.91 Å². The monoisotopic (exact) mass is 311 g/mol. The van der Waals surface area contributed by atoms with Crippen LogP contribution in [0.2, 0.25) is 0 Å². The summed E-state index contributed by atoms with van der Waals surface area (Å²) in [6.45, 7) is 1.79. The minimum atomic E-state index is -0.400. The molecule has 23 heavy (non-hydrogen) atoms. The average Bonchev–Trinajstić information content (AvgIpc) is 3.28. The highest BCUT2D eigenvalue weighted by Gasteiger charge is 2.29. The molecule has 0 radical (unpaired) electrons. The van der Waals surface area contributed by atoms with Crippen LogP contribution in [-0.4, -0.2) is 17.5 Å². The zero-order valence-corrected chi connectivity index (χ0v) is 12.7. The van der Waals surface area contributed by atoms with Crippen molar-refractivity contribution in [2.45, 2.75) is 19.8 Å². The Balaban J connectivity index is 1.60. The van der Waals surface area contributed by atoms with Gasteiger partial charge in [0.05, 0.1) is 12.0 Å². The number of hydrogen-bond donors (Lipinski definition) is 2. The lowest BCUT2D eigenvalue weighted by Gasteiger charge is -2.06. The Morgan fingerprint density at radius 1 is 1.17 bits per heavy atom. The van der Waals surface area contributed by atoms with Crippen LogP contribution in [0, 0.1) is 5.92 Å². The van der Waals surface area contributed by atoms with E-state index in [1.54, 1.807) is 19.1 Å². The van der Waals surface area contributed by atoms with Gasteiger partial charge in [-0.3, -0.25) is 9.59 Å². The zero-order chi connectivity index (χ0) is 16.2. The molecule has 1 heterocycles. The van der Waals surface area contributed by atoms with Gasteiger partial charge in [-0.15, -0.1) is 0 Å². The third-order valence-electron chi connectivity index (χ3n) is 3.59. The number of hydrazone groups is 1. The Kier molecular flexibility index (Phi) is 4.23. The maximum absolute atomic E-state index is 11.7. The third kappa shape index (κ3) is 3.85. The van der Waals surface area contributed by atoms with Gasteiger partial charge < -0.3 is 9.73 Å². The number of carbonyl (C=O) groups excluding carboxylic acids is 2. The second-order valence-electron chi connectivity index (χ2n) is 5.46. The molecule has 118 valence electrons. The van der Waals surface area contributed by atoms with Crippen molar-refractivity contribution >= 4 is 23.2 Å². The molecule has 0 bridgehead atoms. The largest absolute Gasteiger partial charge is 0.459 e. The summed E-state index contributed by atoms with van der Waals surface area (Å²) in [5, 5.41) is 6.93. The minimum Gasteiger partial charge on any atom is -0.459 e. The van der Waals surface area contributed by atoms with E-state index in [-0.39, 0.29) is 17.6 Å². The molecule has 2 N–H and O–H groups in total. The second kappa shape index (κ2) is 6.48. The van der Waals surface area contributed by atoms with Crippen molar-refractivity contribution in [2.24, 2.45) is 11.0 Å². The van der Waals surface area contributed by atoms with E-state index in [4.69, 9.17) is 4.42 Å². The highest BCUT2D eigenvalue weighted by Crippen LogP contribution is 2.30. The van der Waals surface area contributed by atoms with Gasteiger partial charge in [-0.25, -0.2) is 5.43 Å². The maximum Gasteiger partial charge on any atom is 0.307 e. The van der Waals surface area contributed by atoms with E-state index in [2.05, 4.69) is 15.8 Å². The number of rotatable bonds is 5. The van der Waals surface area contributed by atoms with Crippen LogP contribution in [0.1, 0.15) is 35.9 Å². The molecule has 6 heteroatoms. The molecule has 1 aromatic heterocycles. The number of furan rings is 1. The van der Waals surface area contributed by atoms with Gasteiger partial charge in [0, 0.05) is 11.6 Å². The lowest BCUT2D eigenvalue weighted by Crippen LogP contribution is -2.18. The maximum atomic E-state index is 11.7. The third-order valence-corrected chi connectivity index (χ3v) is 3.59. The zero-order valence-electron chi connectivity index (χ0n) is 12.7. The number of amides is 2. The van der Waals surface area contributed by atoms with Crippen molar-refractivity contribution in [3.63, 3.8) is 0 Å². The Morgan fingerprint density at radius 3 is 2.52 bits per heavy atom. The van der Waals surface area contributed by atoms with E-state index >= 15 is 0 Å². The molecule has 2 aromatic rings. The summed E-state index contributed by atoms with van der Waals surface area (Å²) < 4.78 is 4.99. The number of nitrogens with zero attached hydrogens (tertiary/aromatic N) is 1. The normalized spacial score (nSPS) is 14.4.